The molecule has 3 N–H and O–H groups in total. The van der Waals surface area contributed by atoms with Crippen molar-refractivity contribution in [1.29, 1.82) is 0 Å². The van der Waals surface area contributed by atoms with Crippen LogP contribution in [0.2, 0.25) is 0 Å². The summed E-state index contributed by atoms with van der Waals surface area (Å²) in [6.07, 6.45) is 0.814. The van der Waals surface area contributed by atoms with E-state index in [1.807, 2.05) is 30.3 Å². The maximum Gasteiger partial charge on any atom is 0.238 e. The van der Waals surface area contributed by atoms with Gasteiger partial charge in [0.25, 0.3) is 0 Å². The van der Waals surface area contributed by atoms with E-state index in [1.54, 1.807) is 12.1 Å². The standard InChI is InChI=1S/C23H27N5O2S/c1-16(2)21-13-22(27-23(26-21)25-14-17-6-4-3-5-7-17)28-11-10-18-8-9-20(31(24,29)30)12-19(18)15-28/h3-9,12-13,16H,10-11,14-15H2,1-2H3,(H2,24,29,30)(H,25,26,27). The van der Waals surface area contributed by atoms with Crippen molar-refractivity contribution in [2.45, 2.75) is 44.2 Å². The summed E-state index contributed by atoms with van der Waals surface area (Å²) in [7, 11) is -3.73. The Hall–Kier alpha value is -2.97. The molecular weight excluding hydrogens is 410 g/mol. The molecule has 1 aliphatic heterocycles. The van der Waals surface area contributed by atoms with Crippen LogP contribution < -0.4 is 15.4 Å². The maximum absolute atomic E-state index is 11.8. The van der Waals surface area contributed by atoms with Crippen molar-refractivity contribution < 1.29 is 8.42 Å². The number of benzene rings is 2. The number of sulfonamides is 1. The van der Waals surface area contributed by atoms with Crippen LogP contribution in [-0.2, 0) is 29.5 Å². The van der Waals surface area contributed by atoms with Gasteiger partial charge in [-0.25, -0.2) is 18.5 Å². The van der Waals surface area contributed by atoms with Crippen LogP contribution in [0, 0.1) is 0 Å². The largest absolute Gasteiger partial charge is 0.352 e. The fourth-order valence-electron chi connectivity index (χ4n) is 3.67. The Labute approximate surface area is 183 Å². The van der Waals surface area contributed by atoms with Gasteiger partial charge in [0.2, 0.25) is 16.0 Å². The maximum atomic E-state index is 11.8. The lowest BCUT2D eigenvalue weighted by molar-refractivity contribution is 0.597. The molecule has 162 valence electrons. The lowest BCUT2D eigenvalue weighted by Crippen LogP contribution is -2.31. The minimum atomic E-state index is -3.73. The van der Waals surface area contributed by atoms with E-state index in [2.05, 4.69) is 41.2 Å². The van der Waals surface area contributed by atoms with Gasteiger partial charge in [-0.3, -0.25) is 0 Å². The summed E-state index contributed by atoms with van der Waals surface area (Å²) in [5.41, 5.74) is 4.22. The van der Waals surface area contributed by atoms with E-state index in [9.17, 15) is 8.42 Å². The van der Waals surface area contributed by atoms with E-state index in [1.165, 1.54) is 0 Å². The van der Waals surface area contributed by atoms with Gasteiger partial charge in [-0.15, -0.1) is 0 Å². The minimum absolute atomic E-state index is 0.142. The van der Waals surface area contributed by atoms with Gasteiger partial charge in [0.1, 0.15) is 5.82 Å². The smallest absolute Gasteiger partial charge is 0.238 e. The number of fused-ring (bicyclic) bond motifs is 1. The molecule has 0 atom stereocenters. The summed E-state index contributed by atoms with van der Waals surface area (Å²) in [4.78, 5) is 11.8. The van der Waals surface area contributed by atoms with Crippen molar-refractivity contribution in [3.05, 3.63) is 77.0 Å². The molecule has 0 amide bonds. The van der Waals surface area contributed by atoms with E-state index in [4.69, 9.17) is 10.1 Å². The van der Waals surface area contributed by atoms with Crippen molar-refractivity contribution in [3.8, 4) is 0 Å². The van der Waals surface area contributed by atoms with Crippen LogP contribution in [0.5, 0.6) is 0 Å². The predicted octanol–water partition coefficient (Wildman–Crippen LogP) is 3.42. The van der Waals surface area contributed by atoms with Gasteiger partial charge in [-0.1, -0.05) is 50.2 Å². The van der Waals surface area contributed by atoms with E-state index >= 15 is 0 Å². The van der Waals surface area contributed by atoms with Gasteiger partial charge < -0.3 is 10.2 Å². The normalized spacial score (nSPS) is 13.9. The second-order valence-corrected chi connectivity index (χ2v) is 9.68. The predicted molar refractivity (Wildman–Crippen MR) is 122 cm³/mol. The molecule has 2 aromatic carbocycles. The summed E-state index contributed by atoms with van der Waals surface area (Å²) in [6, 6.07) is 17.3. The zero-order valence-electron chi connectivity index (χ0n) is 17.7. The number of anilines is 2. The Morgan fingerprint density at radius 2 is 1.84 bits per heavy atom. The average molecular weight is 438 g/mol. The van der Waals surface area contributed by atoms with Gasteiger partial charge >= 0.3 is 0 Å². The Kier molecular flexibility index (Phi) is 5.93. The van der Waals surface area contributed by atoms with Crippen LogP contribution in [0.15, 0.2) is 59.5 Å². The highest BCUT2D eigenvalue weighted by molar-refractivity contribution is 7.89. The summed E-state index contributed by atoms with van der Waals surface area (Å²) in [5.74, 6) is 1.68. The number of nitrogens with zero attached hydrogens (tertiary/aromatic N) is 3. The molecule has 4 rings (SSSR count). The van der Waals surface area contributed by atoms with E-state index in [0.29, 0.717) is 19.0 Å². The Bertz CT molecular complexity index is 1180. The Morgan fingerprint density at radius 1 is 1.06 bits per heavy atom. The van der Waals surface area contributed by atoms with Crippen LogP contribution in [0.3, 0.4) is 0 Å². The number of nitrogens with one attached hydrogen (secondary N) is 1. The second kappa shape index (κ2) is 8.64. The quantitative estimate of drug-likeness (QED) is 0.613. The SMILES string of the molecule is CC(C)c1cc(N2CCc3ccc(S(N)(=O)=O)cc3C2)nc(NCc2ccccc2)n1. The fourth-order valence-corrected chi connectivity index (χ4v) is 4.24. The molecule has 2 heterocycles. The first kappa shape index (κ1) is 21.3. The third kappa shape index (κ3) is 5.03. The molecule has 7 nitrogen and oxygen atoms in total. The fraction of sp³-hybridized carbons (Fsp3) is 0.304. The number of rotatable bonds is 6. The van der Waals surface area contributed by atoms with Crippen molar-refractivity contribution in [1.82, 2.24) is 9.97 Å². The van der Waals surface area contributed by atoms with Gasteiger partial charge in [0.15, 0.2) is 0 Å². The molecule has 0 unspecified atom stereocenters. The van der Waals surface area contributed by atoms with Crippen LogP contribution in [0.25, 0.3) is 0 Å². The lowest BCUT2D eigenvalue weighted by atomic mass is 10.00. The molecule has 0 bridgehead atoms. The van der Waals surface area contributed by atoms with Gasteiger partial charge in [-0.2, -0.15) is 4.98 Å². The molecule has 1 aliphatic rings. The van der Waals surface area contributed by atoms with Crippen LogP contribution in [-0.4, -0.2) is 24.9 Å². The van der Waals surface area contributed by atoms with Gasteiger partial charge in [-0.05, 0) is 41.2 Å². The first-order valence-electron chi connectivity index (χ1n) is 10.4. The molecule has 0 spiro atoms. The summed E-state index contributed by atoms with van der Waals surface area (Å²) >= 11 is 0. The number of hydrogen-bond donors (Lipinski definition) is 2. The molecule has 8 heteroatoms. The first-order chi connectivity index (χ1) is 14.8. The average Bonchev–Trinajstić information content (AvgIpc) is 2.77. The second-order valence-electron chi connectivity index (χ2n) is 8.12. The zero-order valence-corrected chi connectivity index (χ0v) is 18.6. The van der Waals surface area contributed by atoms with Crippen molar-refractivity contribution in [2.24, 2.45) is 5.14 Å². The highest BCUT2D eigenvalue weighted by Gasteiger charge is 2.21. The van der Waals surface area contributed by atoms with Crippen LogP contribution in [0.1, 0.15) is 42.1 Å². The monoisotopic (exact) mass is 437 g/mol. The highest BCUT2D eigenvalue weighted by atomic mass is 32.2. The molecule has 3 aromatic rings. The third-order valence-electron chi connectivity index (χ3n) is 5.46. The topological polar surface area (TPSA) is 101 Å². The Balaban J connectivity index is 1.61. The number of hydrogen-bond acceptors (Lipinski definition) is 6. The van der Waals surface area contributed by atoms with Crippen LogP contribution in [0.4, 0.5) is 11.8 Å². The molecule has 0 aliphatic carbocycles. The first-order valence-corrected chi connectivity index (χ1v) is 11.9. The number of nitrogens with two attached hydrogens (primary N) is 1. The van der Waals surface area contributed by atoms with Gasteiger partial charge in [0, 0.05) is 25.7 Å². The molecule has 0 fully saturated rings. The van der Waals surface area contributed by atoms with E-state index < -0.39 is 10.0 Å². The minimum Gasteiger partial charge on any atom is -0.352 e. The van der Waals surface area contributed by atoms with Gasteiger partial charge in [0.05, 0.1) is 10.6 Å². The highest BCUT2D eigenvalue weighted by Crippen LogP contribution is 2.27. The number of primary sulfonamides is 1. The van der Waals surface area contributed by atoms with Crippen molar-refractivity contribution >= 4 is 21.8 Å². The molecular formula is C23H27N5O2S. The summed E-state index contributed by atoms with van der Waals surface area (Å²) in [6.45, 7) is 6.23. The molecule has 0 saturated carbocycles. The zero-order chi connectivity index (χ0) is 22.0. The Morgan fingerprint density at radius 3 is 2.55 bits per heavy atom. The van der Waals surface area contributed by atoms with E-state index in [-0.39, 0.29) is 10.8 Å². The van der Waals surface area contributed by atoms with Crippen molar-refractivity contribution in [2.75, 3.05) is 16.8 Å². The summed E-state index contributed by atoms with van der Waals surface area (Å²) in [5, 5.41) is 8.66. The summed E-state index contributed by atoms with van der Waals surface area (Å²) < 4.78 is 23.5. The molecule has 0 saturated heterocycles. The lowest BCUT2D eigenvalue weighted by Gasteiger charge is -2.30. The molecule has 31 heavy (non-hydrogen) atoms. The van der Waals surface area contributed by atoms with Crippen LogP contribution >= 0.6 is 0 Å². The van der Waals surface area contributed by atoms with E-state index in [0.717, 1.165) is 41.2 Å². The third-order valence-corrected chi connectivity index (χ3v) is 6.37. The van der Waals surface area contributed by atoms with Crippen molar-refractivity contribution in [3.63, 3.8) is 0 Å². The molecule has 1 aromatic heterocycles. The number of aromatic nitrogens is 2. The molecule has 0 radical (unpaired) electrons.